The molecule has 1 aliphatic rings. The molecule has 0 spiro atoms. The van der Waals surface area contributed by atoms with Crippen molar-refractivity contribution in [3.63, 3.8) is 0 Å². The summed E-state index contributed by atoms with van der Waals surface area (Å²) in [7, 11) is 0. The summed E-state index contributed by atoms with van der Waals surface area (Å²) in [6, 6.07) is 6.42. The van der Waals surface area contributed by atoms with Crippen LogP contribution < -0.4 is 5.73 Å². The van der Waals surface area contributed by atoms with Crippen LogP contribution in [0.1, 0.15) is 18.9 Å². The molecular formula is C12H16FNO. The van der Waals surface area contributed by atoms with E-state index in [2.05, 4.69) is 0 Å². The summed E-state index contributed by atoms with van der Waals surface area (Å²) in [5.74, 6) is 0.0974. The number of hydrogen-bond acceptors (Lipinski definition) is 2. The standard InChI is InChI=1S/C12H16FNO/c1-12(14,10-6-7-15-8-10)9-2-4-11(13)5-3-9/h2-5,10H,6-8,14H2,1H3. The molecule has 1 aliphatic heterocycles. The lowest BCUT2D eigenvalue weighted by Gasteiger charge is -2.31. The lowest BCUT2D eigenvalue weighted by Crippen LogP contribution is -2.41. The van der Waals surface area contributed by atoms with E-state index in [4.69, 9.17) is 10.5 Å². The molecule has 82 valence electrons. The lowest BCUT2D eigenvalue weighted by atomic mass is 9.80. The Hall–Kier alpha value is -0.930. The first-order valence-corrected chi connectivity index (χ1v) is 5.23. The van der Waals surface area contributed by atoms with Crippen LogP contribution in [-0.4, -0.2) is 13.2 Å². The second kappa shape index (κ2) is 3.91. The van der Waals surface area contributed by atoms with Gasteiger partial charge in [0, 0.05) is 18.1 Å². The van der Waals surface area contributed by atoms with Gasteiger partial charge in [-0.3, -0.25) is 0 Å². The van der Waals surface area contributed by atoms with Gasteiger partial charge in [-0.25, -0.2) is 4.39 Å². The van der Waals surface area contributed by atoms with Crippen molar-refractivity contribution in [2.24, 2.45) is 11.7 Å². The largest absolute Gasteiger partial charge is 0.381 e. The minimum absolute atomic E-state index is 0.225. The van der Waals surface area contributed by atoms with E-state index < -0.39 is 5.54 Å². The Bertz CT molecular complexity index is 328. The smallest absolute Gasteiger partial charge is 0.123 e. The van der Waals surface area contributed by atoms with Crippen molar-refractivity contribution in [2.45, 2.75) is 18.9 Å². The van der Waals surface area contributed by atoms with Gasteiger partial charge < -0.3 is 10.5 Å². The van der Waals surface area contributed by atoms with E-state index in [-0.39, 0.29) is 5.82 Å². The van der Waals surface area contributed by atoms with E-state index in [0.29, 0.717) is 12.5 Å². The number of nitrogens with two attached hydrogens (primary N) is 1. The molecule has 2 atom stereocenters. The number of halogens is 1. The van der Waals surface area contributed by atoms with E-state index in [1.165, 1.54) is 12.1 Å². The highest BCUT2D eigenvalue weighted by Gasteiger charge is 2.34. The van der Waals surface area contributed by atoms with Crippen molar-refractivity contribution in [2.75, 3.05) is 13.2 Å². The summed E-state index contributed by atoms with van der Waals surface area (Å²) in [4.78, 5) is 0. The summed E-state index contributed by atoms with van der Waals surface area (Å²) in [5.41, 5.74) is 6.84. The Kier molecular flexibility index (Phi) is 2.76. The molecule has 0 radical (unpaired) electrons. The summed E-state index contributed by atoms with van der Waals surface area (Å²) in [6.45, 7) is 3.46. The second-order valence-electron chi connectivity index (χ2n) is 4.35. The number of benzene rings is 1. The molecule has 0 saturated carbocycles. The fourth-order valence-corrected chi connectivity index (χ4v) is 2.05. The van der Waals surface area contributed by atoms with E-state index in [1.807, 2.05) is 6.92 Å². The number of ether oxygens (including phenoxy) is 1. The van der Waals surface area contributed by atoms with Crippen LogP contribution in [0.15, 0.2) is 24.3 Å². The molecule has 0 amide bonds. The fraction of sp³-hybridized carbons (Fsp3) is 0.500. The molecule has 3 heteroatoms. The second-order valence-corrected chi connectivity index (χ2v) is 4.35. The average Bonchev–Trinajstić information content (AvgIpc) is 2.71. The first-order chi connectivity index (χ1) is 7.10. The van der Waals surface area contributed by atoms with Gasteiger partial charge in [-0.1, -0.05) is 12.1 Å². The van der Waals surface area contributed by atoms with Crippen LogP contribution in [0, 0.1) is 11.7 Å². The monoisotopic (exact) mass is 209 g/mol. The zero-order valence-corrected chi connectivity index (χ0v) is 8.87. The molecule has 2 rings (SSSR count). The Morgan fingerprint density at radius 2 is 2.07 bits per heavy atom. The summed E-state index contributed by atoms with van der Waals surface area (Å²) < 4.78 is 18.1. The molecule has 2 unspecified atom stereocenters. The molecule has 1 heterocycles. The van der Waals surface area contributed by atoms with Crippen LogP contribution in [0.4, 0.5) is 4.39 Å². The quantitative estimate of drug-likeness (QED) is 0.809. The first kappa shape index (κ1) is 10.6. The molecule has 2 nitrogen and oxygen atoms in total. The first-order valence-electron chi connectivity index (χ1n) is 5.23. The van der Waals surface area contributed by atoms with Crippen molar-refractivity contribution < 1.29 is 9.13 Å². The Morgan fingerprint density at radius 1 is 1.40 bits per heavy atom. The maximum Gasteiger partial charge on any atom is 0.123 e. The minimum atomic E-state index is -0.426. The normalized spacial score (nSPS) is 25.1. The SMILES string of the molecule is CC(N)(c1ccc(F)cc1)C1CCOC1. The maximum absolute atomic E-state index is 12.8. The zero-order chi connectivity index (χ0) is 10.9. The number of rotatable bonds is 2. The topological polar surface area (TPSA) is 35.2 Å². The van der Waals surface area contributed by atoms with E-state index in [1.54, 1.807) is 12.1 Å². The predicted octanol–water partition coefficient (Wildman–Crippen LogP) is 2.04. The predicted molar refractivity (Wildman–Crippen MR) is 56.9 cm³/mol. The zero-order valence-electron chi connectivity index (χ0n) is 8.87. The van der Waals surface area contributed by atoms with Crippen molar-refractivity contribution in [3.05, 3.63) is 35.6 Å². The van der Waals surface area contributed by atoms with E-state index in [9.17, 15) is 4.39 Å². The highest BCUT2D eigenvalue weighted by atomic mass is 19.1. The van der Waals surface area contributed by atoms with Gasteiger partial charge in [-0.05, 0) is 31.0 Å². The molecule has 0 aromatic heterocycles. The van der Waals surface area contributed by atoms with Crippen LogP contribution in [0.2, 0.25) is 0 Å². The molecule has 1 fully saturated rings. The lowest BCUT2D eigenvalue weighted by molar-refractivity contribution is 0.166. The maximum atomic E-state index is 12.8. The third-order valence-corrected chi connectivity index (χ3v) is 3.24. The van der Waals surface area contributed by atoms with Gasteiger partial charge in [-0.2, -0.15) is 0 Å². The van der Waals surface area contributed by atoms with Gasteiger partial charge >= 0.3 is 0 Å². The molecule has 2 N–H and O–H groups in total. The molecule has 1 aromatic carbocycles. The highest BCUT2D eigenvalue weighted by molar-refractivity contribution is 5.25. The molecular weight excluding hydrogens is 193 g/mol. The van der Waals surface area contributed by atoms with Gasteiger partial charge in [0.15, 0.2) is 0 Å². The van der Waals surface area contributed by atoms with Gasteiger partial charge in [0.05, 0.1) is 6.61 Å². The van der Waals surface area contributed by atoms with Crippen molar-refractivity contribution in [3.8, 4) is 0 Å². The molecule has 15 heavy (non-hydrogen) atoms. The van der Waals surface area contributed by atoms with Crippen LogP contribution in [-0.2, 0) is 10.3 Å². The van der Waals surface area contributed by atoms with Crippen molar-refractivity contribution >= 4 is 0 Å². The minimum Gasteiger partial charge on any atom is -0.381 e. The average molecular weight is 209 g/mol. The highest BCUT2D eigenvalue weighted by Crippen LogP contribution is 2.32. The Labute approximate surface area is 89.2 Å². The fourth-order valence-electron chi connectivity index (χ4n) is 2.05. The number of hydrogen-bond donors (Lipinski definition) is 1. The molecule has 1 saturated heterocycles. The van der Waals surface area contributed by atoms with E-state index in [0.717, 1.165) is 18.6 Å². The summed E-state index contributed by atoms with van der Waals surface area (Å²) in [6.07, 6.45) is 0.977. The molecule has 1 aromatic rings. The van der Waals surface area contributed by atoms with Gasteiger partial charge in [-0.15, -0.1) is 0 Å². The molecule has 0 bridgehead atoms. The third-order valence-electron chi connectivity index (χ3n) is 3.24. The van der Waals surface area contributed by atoms with Crippen LogP contribution in [0.5, 0.6) is 0 Å². The van der Waals surface area contributed by atoms with Gasteiger partial charge in [0.1, 0.15) is 5.82 Å². The van der Waals surface area contributed by atoms with Crippen LogP contribution in [0.25, 0.3) is 0 Å². The summed E-state index contributed by atoms with van der Waals surface area (Å²) in [5, 5.41) is 0. The van der Waals surface area contributed by atoms with E-state index >= 15 is 0 Å². The Morgan fingerprint density at radius 3 is 2.60 bits per heavy atom. The van der Waals surface area contributed by atoms with Crippen molar-refractivity contribution in [1.82, 2.24) is 0 Å². The van der Waals surface area contributed by atoms with Gasteiger partial charge in [0.2, 0.25) is 0 Å². The van der Waals surface area contributed by atoms with Crippen LogP contribution >= 0.6 is 0 Å². The summed E-state index contributed by atoms with van der Waals surface area (Å²) >= 11 is 0. The van der Waals surface area contributed by atoms with Crippen LogP contribution in [0.3, 0.4) is 0 Å². The molecule has 0 aliphatic carbocycles. The third kappa shape index (κ3) is 2.03. The van der Waals surface area contributed by atoms with Crippen molar-refractivity contribution in [1.29, 1.82) is 0 Å². The van der Waals surface area contributed by atoms with Gasteiger partial charge in [0.25, 0.3) is 0 Å². The Balaban J connectivity index is 2.23.